The summed E-state index contributed by atoms with van der Waals surface area (Å²) < 4.78 is 37.0. The Bertz CT molecular complexity index is 617. The van der Waals surface area contributed by atoms with Gasteiger partial charge in [0.15, 0.2) is 15.0 Å². The molecule has 0 bridgehead atoms. The zero-order valence-electron chi connectivity index (χ0n) is 9.34. The second kappa shape index (κ2) is 3.96. The molecule has 2 aliphatic heterocycles. The quantitative estimate of drug-likeness (QED) is 0.849. The summed E-state index contributed by atoms with van der Waals surface area (Å²) in [6.45, 7) is 0. The maximum atomic E-state index is 13.8. The molecule has 96 valence electrons. The van der Waals surface area contributed by atoms with Gasteiger partial charge in [-0.2, -0.15) is 0 Å². The van der Waals surface area contributed by atoms with Gasteiger partial charge < -0.3 is 4.90 Å². The molecular weight excluding hydrogens is 275 g/mol. The van der Waals surface area contributed by atoms with Crippen LogP contribution in [0.4, 0.5) is 10.1 Å². The lowest BCUT2D eigenvalue weighted by molar-refractivity contribution is 0.600. The molecule has 1 N–H and O–H groups in total. The van der Waals surface area contributed by atoms with Crippen molar-refractivity contribution in [1.29, 1.82) is 5.41 Å². The van der Waals surface area contributed by atoms with Gasteiger partial charge in [0.1, 0.15) is 5.82 Å². The first-order valence-corrected chi connectivity index (χ1v) is 8.17. The van der Waals surface area contributed by atoms with Crippen molar-refractivity contribution in [1.82, 2.24) is 0 Å². The van der Waals surface area contributed by atoms with Crippen LogP contribution in [-0.2, 0) is 9.84 Å². The molecule has 0 spiro atoms. The van der Waals surface area contributed by atoms with Gasteiger partial charge in [0.2, 0.25) is 0 Å². The minimum atomic E-state index is -3.06. The molecular formula is C11H11FN2O2S2. The van der Waals surface area contributed by atoms with E-state index in [1.54, 1.807) is 18.2 Å². The van der Waals surface area contributed by atoms with Crippen LogP contribution in [0, 0.1) is 11.2 Å². The predicted octanol–water partition coefficient (Wildman–Crippen LogP) is 1.48. The number of amidine groups is 1. The summed E-state index contributed by atoms with van der Waals surface area (Å²) in [6, 6.07) is 5.85. The molecule has 1 aromatic carbocycles. The summed E-state index contributed by atoms with van der Waals surface area (Å²) in [4.78, 5) is 1.51. The Labute approximate surface area is 109 Å². The van der Waals surface area contributed by atoms with E-state index in [4.69, 9.17) is 5.41 Å². The number of hydrogen-bond acceptors (Lipinski definition) is 4. The van der Waals surface area contributed by atoms with Crippen LogP contribution in [-0.4, -0.2) is 36.4 Å². The van der Waals surface area contributed by atoms with E-state index < -0.39 is 15.7 Å². The molecule has 4 nitrogen and oxygen atoms in total. The second-order valence-corrected chi connectivity index (χ2v) is 7.81. The van der Waals surface area contributed by atoms with Gasteiger partial charge in [0, 0.05) is 5.25 Å². The highest BCUT2D eigenvalue weighted by Crippen LogP contribution is 2.40. The maximum Gasteiger partial charge on any atom is 0.161 e. The standard InChI is InChI=1S/C11H11FN2O2S2/c12-7-3-1-2-4-8(7)14-9-5-18(15,16)6-10(9)17-11(14)13/h1-4,9-10,13H,5-6H2/t9-,10+/m1/s1. The lowest BCUT2D eigenvalue weighted by Crippen LogP contribution is -2.37. The fraction of sp³-hybridized carbons (Fsp3) is 0.364. The van der Waals surface area contributed by atoms with E-state index >= 15 is 0 Å². The summed E-state index contributed by atoms with van der Waals surface area (Å²) >= 11 is 1.21. The number of halogens is 1. The van der Waals surface area contributed by atoms with E-state index in [0.717, 1.165) is 0 Å². The Morgan fingerprint density at radius 3 is 2.78 bits per heavy atom. The lowest BCUT2D eigenvalue weighted by atomic mass is 10.2. The number of fused-ring (bicyclic) bond motifs is 1. The molecule has 2 aliphatic rings. The summed E-state index contributed by atoms with van der Waals surface area (Å²) in [6.07, 6.45) is 0. The molecule has 0 amide bonds. The summed E-state index contributed by atoms with van der Waals surface area (Å²) in [5.41, 5.74) is 0.291. The van der Waals surface area contributed by atoms with E-state index in [9.17, 15) is 12.8 Å². The maximum absolute atomic E-state index is 13.8. The summed E-state index contributed by atoms with van der Waals surface area (Å²) in [5.74, 6) is -0.343. The number of nitrogens with one attached hydrogen (secondary N) is 1. The molecule has 0 aromatic heterocycles. The van der Waals surface area contributed by atoms with E-state index in [2.05, 4.69) is 0 Å². The number of benzene rings is 1. The topological polar surface area (TPSA) is 61.2 Å². The average molecular weight is 286 g/mol. The highest BCUT2D eigenvalue weighted by Gasteiger charge is 2.49. The normalized spacial score (nSPS) is 29.6. The fourth-order valence-electron chi connectivity index (χ4n) is 2.44. The minimum absolute atomic E-state index is 0.00137. The SMILES string of the molecule is N=C1S[C@H]2CS(=O)(=O)C[C@H]2N1c1ccccc1F. The lowest BCUT2D eigenvalue weighted by Gasteiger charge is -2.24. The Hall–Kier alpha value is -1.08. The first-order chi connectivity index (χ1) is 8.48. The van der Waals surface area contributed by atoms with Crippen LogP contribution in [0.25, 0.3) is 0 Å². The molecule has 0 saturated carbocycles. The van der Waals surface area contributed by atoms with Gasteiger partial charge in [-0.05, 0) is 12.1 Å². The van der Waals surface area contributed by atoms with E-state index in [1.165, 1.54) is 22.7 Å². The number of nitrogens with zero attached hydrogens (tertiary/aromatic N) is 1. The molecule has 3 rings (SSSR count). The smallest absolute Gasteiger partial charge is 0.161 e. The first kappa shape index (κ1) is 12.0. The highest BCUT2D eigenvalue weighted by atomic mass is 32.2. The van der Waals surface area contributed by atoms with Crippen LogP contribution in [0.1, 0.15) is 0 Å². The van der Waals surface area contributed by atoms with Crippen molar-refractivity contribution >= 4 is 32.5 Å². The first-order valence-electron chi connectivity index (χ1n) is 5.47. The highest BCUT2D eigenvalue weighted by molar-refractivity contribution is 8.15. The summed E-state index contributed by atoms with van der Waals surface area (Å²) in [7, 11) is -3.06. The molecule has 2 fully saturated rings. The number of rotatable bonds is 1. The van der Waals surface area contributed by atoms with Crippen molar-refractivity contribution < 1.29 is 12.8 Å². The monoisotopic (exact) mass is 286 g/mol. The molecule has 2 heterocycles. The Kier molecular flexibility index (Phi) is 2.63. The minimum Gasteiger partial charge on any atom is -0.313 e. The van der Waals surface area contributed by atoms with Crippen molar-refractivity contribution in [2.24, 2.45) is 0 Å². The average Bonchev–Trinajstić information content (AvgIpc) is 2.70. The zero-order chi connectivity index (χ0) is 12.9. The molecule has 2 saturated heterocycles. The number of hydrogen-bond donors (Lipinski definition) is 1. The van der Waals surface area contributed by atoms with Crippen LogP contribution in [0.2, 0.25) is 0 Å². The number of anilines is 1. The van der Waals surface area contributed by atoms with E-state index in [0.29, 0.717) is 5.69 Å². The van der Waals surface area contributed by atoms with Crippen molar-refractivity contribution in [2.75, 3.05) is 16.4 Å². The van der Waals surface area contributed by atoms with Crippen molar-refractivity contribution in [2.45, 2.75) is 11.3 Å². The van der Waals surface area contributed by atoms with Crippen molar-refractivity contribution in [3.05, 3.63) is 30.1 Å². The van der Waals surface area contributed by atoms with Crippen LogP contribution < -0.4 is 4.90 Å². The fourth-order valence-corrected chi connectivity index (χ4v) is 6.22. The van der Waals surface area contributed by atoms with Crippen LogP contribution in [0.3, 0.4) is 0 Å². The van der Waals surface area contributed by atoms with Gasteiger partial charge in [-0.15, -0.1) is 0 Å². The molecule has 18 heavy (non-hydrogen) atoms. The molecule has 0 aliphatic carbocycles. The third kappa shape index (κ3) is 1.81. The van der Waals surface area contributed by atoms with Crippen LogP contribution in [0.5, 0.6) is 0 Å². The van der Waals surface area contributed by atoms with E-state index in [1.807, 2.05) is 0 Å². The molecule has 0 radical (unpaired) electrons. The molecule has 7 heteroatoms. The Morgan fingerprint density at radius 1 is 1.33 bits per heavy atom. The number of sulfone groups is 1. The van der Waals surface area contributed by atoms with Gasteiger partial charge in [-0.1, -0.05) is 23.9 Å². The Morgan fingerprint density at radius 2 is 2.06 bits per heavy atom. The van der Waals surface area contributed by atoms with Crippen LogP contribution in [0.15, 0.2) is 24.3 Å². The van der Waals surface area contributed by atoms with Gasteiger partial charge in [0.25, 0.3) is 0 Å². The van der Waals surface area contributed by atoms with Crippen molar-refractivity contribution in [3.8, 4) is 0 Å². The van der Waals surface area contributed by atoms with Crippen molar-refractivity contribution in [3.63, 3.8) is 0 Å². The Balaban J connectivity index is 2.02. The second-order valence-electron chi connectivity index (χ2n) is 4.43. The van der Waals surface area contributed by atoms with Gasteiger partial charge in [-0.25, -0.2) is 12.8 Å². The third-order valence-corrected chi connectivity index (χ3v) is 6.33. The van der Waals surface area contributed by atoms with Gasteiger partial charge in [-0.3, -0.25) is 5.41 Å². The number of thioether (sulfide) groups is 1. The largest absolute Gasteiger partial charge is 0.313 e. The molecule has 2 atom stereocenters. The van der Waals surface area contributed by atoms with Gasteiger partial charge >= 0.3 is 0 Å². The molecule has 0 unspecified atom stereocenters. The van der Waals surface area contributed by atoms with E-state index in [-0.39, 0.29) is 28.0 Å². The van der Waals surface area contributed by atoms with Gasteiger partial charge in [0.05, 0.1) is 23.2 Å². The molecule has 1 aromatic rings. The third-order valence-electron chi connectivity index (χ3n) is 3.20. The predicted molar refractivity (Wildman–Crippen MR) is 70.4 cm³/mol. The van der Waals surface area contributed by atoms with Crippen LogP contribution >= 0.6 is 11.8 Å². The number of para-hydroxylation sites is 1. The zero-order valence-corrected chi connectivity index (χ0v) is 11.0. The summed E-state index contributed by atoms with van der Waals surface area (Å²) in [5, 5.41) is 7.97.